The van der Waals surface area contributed by atoms with Crippen LogP contribution in [0.4, 0.5) is 0 Å². The molecule has 5 nitrogen and oxygen atoms in total. The van der Waals surface area contributed by atoms with Crippen LogP contribution in [0.3, 0.4) is 0 Å². The highest BCUT2D eigenvalue weighted by Gasteiger charge is 2.24. The number of fused-ring (bicyclic) bond motifs is 3. The number of amides is 1. The van der Waals surface area contributed by atoms with Crippen LogP contribution in [0.2, 0.25) is 0 Å². The smallest absolute Gasteiger partial charge is 0.227 e. The lowest BCUT2D eigenvalue weighted by molar-refractivity contribution is -0.131. The van der Waals surface area contributed by atoms with Crippen LogP contribution in [0.5, 0.6) is 0 Å². The van der Waals surface area contributed by atoms with Gasteiger partial charge in [-0.3, -0.25) is 4.79 Å². The first-order valence-electron chi connectivity index (χ1n) is 9.23. The lowest BCUT2D eigenvalue weighted by Crippen LogP contribution is -2.36. The lowest BCUT2D eigenvalue weighted by Gasteiger charge is -2.27. The summed E-state index contributed by atoms with van der Waals surface area (Å²) in [5.74, 6) is 0.151. The molecule has 2 aromatic carbocycles. The van der Waals surface area contributed by atoms with Crippen molar-refractivity contribution in [2.24, 2.45) is 0 Å². The molecule has 134 valence electrons. The molecule has 0 spiro atoms. The Kier molecular flexibility index (Phi) is 3.78. The number of benzene rings is 2. The SMILES string of the molecule is O=C(Cc1cnn(-c2ccccc2)c1)N1CCc2[nH]c3ccccc3c2C1. The fraction of sp³-hybridized carbons (Fsp3) is 0.182. The van der Waals surface area contributed by atoms with Gasteiger partial charge in [0.1, 0.15) is 0 Å². The summed E-state index contributed by atoms with van der Waals surface area (Å²) in [4.78, 5) is 18.3. The first-order valence-corrected chi connectivity index (χ1v) is 9.23. The maximum Gasteiger partial charge on any atom is 0.227 e. The van der Waals surface area contributed by atoms with Gasteiger partial charge in [0.15, 0.2) is 0 Å². The number of H-pyrrole nitrogens is 1. The molecule has 27 heavy (non-hydrogen) atoms. The first-order chi connectivity index (χ1) is 13.3. The van der Waals surface area contributed by atoms with E-state index in [2.05, 4.69) is 28.3 Å². The summed E-state index contributed by atoms with van der Waals surface area (Å²) in [6.45, 7) is 1.43. The Labute approximate surface area is 157 Å². The van der Waals surface area contributed by atoms with Gasteiger partial charge in [0.25, 0.3) is 0 Å². The minimum absolute atomic E-state index is 0.151. The number of nitrogens with one attached hydrogen (secondary N) is 1. The summed E-state index contributed by atoms with van der Waals surface area (Å²) in [5, 5.41) is 5.62. The molecule has 4 aromatic rings. The van der Waals surface area contributed by atoms with Crippen LogP contribution in [-0.4, -0.2) is 32.1 Å². The van der Waals surface area contributed by atoms with Gasteiger partial charge in [-0.05, 0) is 23.8 Å². The molecule has 0 fully saturated rings. The van der Waals surface area contributed by atoms with Gasteiger partial charge in [0.05, 0.1) is 18.3 Å². The molecule has 0 unspecified atom stereocenters. The molecule has 1 aliphatic rings. The number of aromatic nitrogens is 3. The zero-order chi connectivity index (χ0) is 18.2. The van der Waals surface area contributed by atoms with Crippen LogP contribution in [0.1, 0.15) is 16.8 Å². The van der Waals surface area contributed by atoms with Gasteiger partial charge in [0, 0.05) is 47.9 Å². The summed E-state index contributed by atoms with van der Waals surface area (Å²) >= 11 is 0. The predicted molar refractivity (Wildman–Crippen MR) is 105 cm³/mol. The minimum atomic E-state index is 0.151. The van der Waals surface area contributed by atoms with Crippen LogP contribution >= 0.6 is 0 Å². The molecule has 1 N–H and O–H groups in total. The van der Waals surface area contributed by atoms with E-state index < -0.39 is 0 Å². The van der Waals surface area contributed by atoms with Gasteiger partial charge in [-0.25, -0.2) is 4.68 Å². The van der Waals surface area contributed by atoms with E-state index in [4.69, 9.17) is 0 Å². The van der Waals surface area contributed by atoms with E-state index >= 15 is 0 Å². The van der Waals surface area contributed by atoms with E-state index in [1.807, 2.05) is 52.2 Å². The predicted octanol–water partition coefficient (Wildman–Crippen LogP) is 3.48. The second-order valence-corrected chi connectivity index (χ2v) is 7.00. The highest BCUT2D eigenvalue weighted by Crippen LogP contribution is 2.27. The van der Waals surface area contributed by atoms with E-state index in [0.717, 1.165) is 29.7 Å². The molecule has 1 aliphatic heterocycles. The maximum atomic E-state index is 12.9. The molecule has 1 amide bonds. The molecule has 0 saturated heterocycles. The molecule has 0 saturated carbocycles. The van der Waals surface area contributed by atoms with Gasteiger partial charge in [-0.15, -0.1) is 0 Å². The monoisotopic (exact) mass is 356 g/mol. The molecule has 5 heteroatoms. The fourth-order valence-electron chi connectivity index (χ4n) is 3.84. The molecule has 2 aromatic heterocycles. The first kappa shape index (κ1) is 15.9. The normalized spacial score (nSPS) is 13.7. The van der Waals surface area contributed by atoms with Crippen LogP contribution in [0, 0.1) is 0 Å². The largest absolute Gasteiger partial charge is 0.358 e. The number of nitrogens with zero attached hydrogens (tertiary/aromatic N) is 3. The number of aromatic amines is 1. The molecule has 0 bridgehead atoms. The van der Waals surface area contributed by atoms with Crippen molar-refractivity contribution in [3.05, 3.63) is 83.8 Å². The molecule has 5 rings (SSSR count). The van der Waals surface area contributed by atoms with E-state index in [0.29, 0.717) is 13.0 Å². The highest BCUT2D eigenvalue weighted by atomic mass is 16.2. The van der Waals surface area contributed by atoms with Gasteiger partial charge < -0.3 is 9.88 Å². The van der Waals surface area contributed by atoms with Crippen LogP contribution in [-0.2, 0) is 24.2 Å². The van der Waals surface area contributed by atoms with Crippen LogP contribution < -0.4 is 0 Å². The topological polar surface area (TPSA) is 53.9 Å². The van der Waals surface area contributed by atoms with E-state index in [1.54, 1.807) is 6.20 Å². The quantitative estimate of drug-likeness (QED) is 0.611. The van der Waals surface area contributed by atoms with Crippen molar-refractivity contribution in [3.8, 4) is 5.69 Å². The third kappa shape index (κ3) is 2.91. The van der Waals surface area contributed by atoms with Crippen LogP contribution in [0.15, 0.2) is 67.0 Å². The fourth-order valence-corrected chi connectivity index (χ4v) is 3.84. The van der Waals surface area contributed by atoms with Crippen molar-refractivity contribution in [1.82, 2.24) is 19.7 Å². The van der Waals surface area contributed by atoms with Gasteiger partial charge >= 0.3 is 0 Å². The number of para-hydroxylation sites is 2. The average Bonchev–Trinajstić information content (AvgIpc) is 3.32. The Bertz CT molecular complexity index is 1110. The zero-order valence-electron chi connectivity index (χ0n) is 14.9. The zero-order valence-corrected chi connectivity index (χ0v) is 14.9. The number of carbonyl (C=O) groups excluding carboxylic acids is 1. The van der Waals surface area contributed by atoms with Gasteiger partial charge in [-0.1, -0.05) is 36.4 Å². The molecular formula is C22H20N4O. The minimum Gasteiger partial charge on any atom is -0.358 e. The Balaban J connectivity index is 1.33. The highest BCUT2D eigenvalue weighted by molar-refractivity contribution is 5.86. The third-order valence-electron chi connectivity index (χ3n) is 5.25. The van der Waals surface area contributed by atoms with Crippen molar-refractivity contribution >= 4 is 16.8 Å². The van der Waals surface area contributed by atoms with Crippen molar-refractivity contribution in [1.29, 1.82) is 0 Å². The molecule has 0 atom stereocenters. The lowest BCUT2D eigenvalue weighted by atomic mass is 10.0. The van der Waals surface area contributed by atoms with Gasteiger partial charge in [-0.2, -0.15) is 5.10 Å². The Hall–Kier alpha value is -3.34. The van der Waals surface area contributed by atoms with E-state index in [1.165, 1.54) is 16.6 Å². The maximum absolute atomic E-state index is 12.9. The Morgan fingerprint density at radius 3 is 2.78 bits per heavy atom. The van der Waals surface area contributed by atoms with E-state index in [9.17, 15) is 4.79 Å². The number of rotatable bonds is 3. The van der Waals surface area contributed by atoms with Gasteiger partial charge in [0.2, 0.25) is 5.91 Å². The number of hydrogen-bond acceptors (Lipinski definition) is 2. The Morgan fingerprint density at radius 2 is 1.89 bits per heavy atom. The van der Waals surface area contributed by atoms with Crippen molar-refractivity contribution < 1.29 is 4.79 Å². The average molecular weight is 356 g/mol. The second kappa shape index (κ2) is 6.43. The number of hydrogen-bond donors (Lipinski definition) is 1. The number of carbonyl (C=O) groups is 1. The van der Waals surface area contributed by atoms with Crippen molar-refractivity contribution in [3.63, 3.8) is 0 Å². The summed E-state index contributed by atoms with van der Waals surface area (Å²) in [6.07, 6.45) is 4.98. The summed E-state index contributed by atoms with van der Waals surface area (Å²) in [7, 11) is 0. The van der Waals surface area contributed by atoms with Crippen LogP contribution in [0.25, 0.3) is 16.6 Å². The molecule has 0 radical (unpaired) electrons. The molecular weight excluding hydrogens is 336 g/mol. The van der Waals surface area contributed by atoms with E-state index in [-0.39, 0.29) is 5.91 Å². The summed E-state index contributed by atoms with van der Waals surface area (Å²) < 4.78 is 1.82. The molecule has 3 heterocycles. The standard InChI is InChI=1S/C22H20N4O/c27-22(12-16-13-23-26(14-16)17-6-2-1-3-7-17)25-11-10-21-19(15-25)18-8-4-5-9-20(18)24-21/h1-9,13-14,24H,10-12,15H2. The second-order valence-electron chi connectivity index (χ2n) is 7.00. The van der Waals surface area contributed by atoms with Crippen molar-refractivity contribution in [2.45, 2.75) is 19.4 Å². The molecule has 0 aliphatic carbocycles. The summed E-state index contributed by atoms with van der Waals surface area (Å²) in [5.41, 5.74) is 5.61. The Morgan fingerprint density at radius 1 is 1.07 bits per heavy atom. The summed E-state index contributed by atoms with van der Waals surface area (Å²) in [6, 6.07) is 18.3. The van der Waals surface area contributed by atoms with Crippen molar-refractivity contribution in [2.75, 3.05) is 6.54 Å². The third-order valence-corrected chi connectivity index (χ3v) is 5.25.